The fourth-order valence-corrected chi connectivity index (χ4v) is 3.05. The van der Waals surface area contributed by atoms with Crippen LogP contribution < -0.4 is 0 Å². The first kappa shape index (κ1) is 24.8. The second kappa shape index (κ2) is 8.64. The lowest BCUT2D eigenvalue weighted by Gasteiger charge is -2.41. The third-order valence-electron chi connectivity index (χ3n) is 4.65. The van der Waals surface area contributed by atoms with Crippen molar-refractivity contribution in [1.29, 1.82) is 0 Å². The molecule has 0 heterocycles. The summed E-state index contributed by atoms with van der Waals surface area (Å²) in [4.78, 5) is 12.3. The van der Waals surface area contributed by atoms with Crippen LogP contribution in [0.4, 0.5) is 4.79 Å². The normalized spacial score (nSPS) is 14.9. The van der Waals surface area contributed by atoms with E-state index in [9.17, 15) is 4.79 Å². The lowest BCUT2D eigenvalue weighted by molar-refractivity contribution is -0.0596. The van der Waals surface area contributed by atoms with Gasteiger partial charge in [-0.15, -0.1) is 0 Å². The average Bonchev–Trinajstić information content (AvgIpc) is 2.33. The molecule has 26 heavy (non-hydrogen) atoms. The largest absolute Gasteiger partial charge is 0.544 e. The van der Waals surface area contributed by atoms with Crippen LogP contribution >= 0.6 is 0 Å². The Labute approximate surface area is 162 Å². The van der Waals surface area contributed by atoms with Crippen molar-refractivity contribution in [2.75, 3.05) is 0 Å². The molecule has 0 radical (unpaired) electrons. The van der Waals surface area contributed by atoms with Crippen LogP contribution in [0.5, 0.6) is 0 Å². The van der Waals surface area contributed by atoms with E-state index in [-0.39, 0.29) is 5.04 Å². The Kier molecular flexibility index (Phi) is 8.23. The van der Waals surface area contributed by atoms with Crippen molar-refractivity contribution in [2.45, 2.75) is 104 Å². The van der Waals surface area contributed by atoms with Gasteiger partial charge in [0, 0.05) is 0 Å². The lowest BCUT2D eigenvalue weighted by atomic mass is 9.97. The molecule has 152 valence electrons. The number of carbonyl (C=O) groups is 1. The monoisotopic (exact) mass is 384 g/mol. The molecule has 0 saturated heterocycles. The summed E-state index contributed by atoms with van der Waals surface area (Å²) in [5.41, 5.74) is -0.330. The summed E-state index contributed by atoms with van der Waals surface area (Å²) < 4.78 is 17.4. The van der Waals surface area contributed by atoms with E-state index >= 15 is 0 Å². The summed E-state index contributed by atoms with van der Waals surface area (Å²) in [7, 11) is -2.08. The summed E-state index contributed by atoms with van der Waals surface area (Å²) in [5.74, 6) is 0.497. The number of hydrogen-bond acceptors (Lipinski definition) is 4. The van der Waals surface area contributed by atoms with Crippen molar-refractivity contribution in [2.24, 2.45) is 0 Å². The van der Waals surface area contributed by atoms with Gasteiger partial charge in [0.05, 0.1) is 0 Å². The van der Waals surface area contributed by atoms with Gasteiger partial charge >= 0.3 is 6.16 Å². The topological polar surface area (TPSA) is 44.8 Å². The van der Waals surface area contributed by atoms with Gasteiger partial charge in [0.15, 0.2) is 5.60 Å². The number of ether oxygens (including phenoxy) is 2. The van der Waals surface area contributed by atoms with E-state index < -0.39 is 25.7 Å². The predicted molar refractivity (Wildman–Crippen MR) is 112 cm³/mol. The van der Waals surface area contributed by atoms with Crippen molar-refractivity contribution < 1.29 is 18.7 Å². The van der Waals surface area contributed by atoms with Gasteiger partial charge in [0.25, 0.3) is 0 Å². The highest BCUT2D eigenvalue weighted by Crippen LogP contribution is 2.40. The van der Waals surface area contributed by atoms with Gasteiger partial charge in [-0.3, -0.25) is 0 Å². The Balaban J connectivity index is 5.46. The highest BCUT2D eigenvalue weighted by Gasteiger charge is 2.43. The van der Waals surface area contributed by atoms with E-state index in [2.05, 4.69) is 46.5 Å². The van der Waals surface area contributed by atoms with E-state index in [1.807, 2.05) is 41.5 Å². The van der Waals surface area contributed by atoms with Crippen LogP contribution in [0.25, 0.3) is 0 Å². The summed E-state index contributed by atoms with van der Waals surface area (Å²) >= 11 is 0. The molecule has 0 aliphatic carbocycles. The minimum absolute atomic E-state index is 0.0304. The molecule has 5 heteroatoms. The van der Waals surface area contributed by atoms with Crippen LogP contribution in [0.2, 0.25) is 18.1 Å². The molecule has 0 saturated carbocycles. The van der Waals surface area contributed by atoms with E-state index in [4.69, 9.17) is 13.9 Å². The Hall–Kier alpha value is -1.23. The minimum atomic E-state index is -2.08. The standard InChI is InChI=1S/C21H40O4Si/c1-16(2)14-13-15-21(10,24-18(22)23-19(4,5)6)17(3)25-26(11,12)20(7,8)9/h14H,3,13,15H2,1-2,4-12H3/t21-/m0/s1. The van der Waals surface area contributed by atoms with Crippen molar-refractivity contribution in [3.8, 4) is 0 Å². The van der Waals surface area contributed by atoms with Crippen LogP contribution in [0.3, 0.4) is 0 Å². The van der Waals surface area contributed by atoms with Crippen molar-refractivity contribution in [3.05, 3.63) is 24.0 Å². The number of hydrogen-bond donors (Lipinski definition) is 0. The van der Waals surface area contributed by atoms with Crippen molar-refractivity contribution >= 4 is 14.5 Å². The first-order valence-corrected chi connectivity index (χ1v) is 12.2. The minimum Gasteiger partial charge on any atom is -0.544 e. The van der Waals surface area contributed by atoms with Crippen LogP contribution in [0.15, 0.2) is 24.0 Å². The van der Waals surface area contributed by atoms with Crippen LogP contribution in [-0.4, -0.2) is 25.7 Å². The molecule has 0 amide bonds. The second-order valence-corrected chi connectivity index (χ2v) is 14.6. The summed E-state index contributed by atoms with van der Waals surface area (Å²) in [6.45, 7) is 26.3. The zero-order valence-electron chi connectivity index (χ0n) is 18.8. The predicted octanol–water partition coefficient (Wildman–Crippen LogP) is 6.98. The third-order valence-corrected chi connectivity index (χ3v) is 9.02. The molecule has 4 nitrogen and oxygen atoms in total. The molecule has 0 aromatic heterocycles. The molecule has 0 aromatic carbocycles. The molecule has 0 rings (SSSR count). The van der Waals surface area contributed by atoms with Crippen LogP contribution in [-0.2, 0) is 13.9 Å². The van der Waals surface area contributed by atoms with Gasteiger partial charge in [-0.05, 0) is 72.5 Å². The Morgan fingerprint density at radius 2 is 1.50 bits per heavy atom. The van der Waals surface area contributed by atoms with E-state index in [0.29, 0.717) is 12.2 Å². The quantitative estimate of drug-likeness (QED) is 0.205. The highest BCUT2D eigenvalue weighted by atomic mass is 28.4. The molecule has 0 spiro atoms. The average molecular weight is 385 g/mol. The zero-order valence-corrected chi connectivity index (χ0v) is 19.8. The van der Waals surface area contributed by atoms with Gasteiger partial charge in [0.2, 0.25) is 8.32 Å². The van der Waals surface area contributed by atoms with Gasteiger partial charge in [0.1, 0.15) is 11.4 Å². The molecule has 1 atom stereocenters. The van der Waals surface area contributed by atoms with E-state index in [1.54, 1.807) is 0 Å². The zero-order chi connectivity index (χ0) is 21.0. The smallest absolute Gasteiger partial charge is 0.509 e. The molecule has 0 fully saturated rings. The molecular formula is C21H40O4Si. The van der Waals surface area contributed by atoms with Crippen LogP contribution in [0.1, 0.15) is 75.2 Å². The maximum absolute atomic E-state index is 12.3. The number of allylic oxidation sites excluding steroid dienone is 2. The Morgan fingerprint density at radius 3 is 1.88 bits per heavy atom. The highest BCUT2D eigenvalue weighted by molar-refractivity contribution is 6.74. The summed E-state index contributed by atoms with van der Waals surface area (Å²) in [6.07, 6.45) is 2.78. The first-order chi connectivity index (χ1) is 11.4. The van der Waals surface area contributed by atoms with Gasteiger partial charge in [-0.1, -0.05) is 39.0 Å². The van der Waals surface area contributed by atoms with Crippen LogP contribution in [0, 0.1) is 0 Å². The third kappa shape index (κ3) is 8.43. The SMILES string of the molecule is C=C(O[Si](C)(C)C(C)(C)C)[C@](C)(CCC=C(C)C)OC(=O)OC(C)(C)C. The fourth-order valence-electron chi connectivity index (χ4n) is 1.91. The van der Waals surface area contributed by atoms with E-state index in [0.717, 1.165) is 6.42 Å². The summed E-state index contributed by atoms with van der Waals surface area (Å²) in [5, 5.41) is 0.0304. The van der Waals surface area contributed by atoms with Crippen molar-refractivity contribution in [3.63, 3.8) is 0 Å². The maximum Gasteiger partial charge on any atom is 0.509 e. The first-order valence-electron chi connectivity index (χ1n) is 9.33. The summed E-state index contributed by atoms with van der Waals surface area (Å²) in [6, 6.07) is 0. The molecule has 0 N–H and O–H groups in total. The van der Waals surface area contributed by atoms with Gasteiger partial charge < -0.3 is 13.9 Å². The molecule has 0 aromatic rings. The Morgan fingerprint density at radius 1 is 1.00 bits per heavy atom. The number of rotatable bonds is 7. The molecule has 0 bridgehead atoms. The molecule has 0 aliphatic heterocycles. The molecule has 0 unspecified atom stereocenters. The van der Waals surface area contributed by atoms with E-state index in [1.165, 1.54) is 5.57 Å². The Bertz CT molecular complexity index is 531. The van der Waals surface area contributed by atoms with Crippen molar-refractivity contribution in [1.82, 2.24) is 0 Å². The molecular weight excluding hydrogens is 344 g/mol. The fraction of sp³-hybridized carbons (Fsp3) is 0.762. The maximum atomic E-state index is 12.3. The van der Waals surface area contributed by atoms with Gasteiger partial charge in [-0.25, -0.2) is 4.79 Å². The second-order valence-electron chi connectivity index (χ2n) is 9.90. The number of carbonyl (C=O) groups excluding carboxylic acids is 1. The van der Waals surface area contributed by atoms with Gasteiger partial charge in [-0.2, -0.15) is 0 Å². The molecule has 0 aliphatic rings. The lowest BCUT2D eigenvalue weighted by Crippen LogP contribution is -2.45.